The van der Waals surface area contributed by atoms with Crippen LogP contribution >= 0.6 is 15.9 Å². The maximum atomic E-state index is 12.7. The summed E-state index contributed by atoms with van der Waals surface area (Å²) in [5.74, 6) is 2.08. The first-order valence-electron chi connectivity index (χ1n) is 9.93. The predicted molar refractivity (Wildman–Crippen MR) is 116 cm³/mol. The van der Waals surface area contributed by atoms with E-state index in [0.29, 0.717) is 18.1 Å². The molecule has 9 heteroatoms. The first-order chi connectivity index (χ1) is 14.4. The lowest BCUT2D eigenvalue weighted by atomic mass is 10.0. The van der Waals surface area contributed by atoms with Crippen molar-refractivity contribution in [2.75, 3.05) is 23.9 Å². The van der Waals surface area contributed by atoms with Gasteiger partial charge in [0.2, 0.25) is 0 Å². The third-order valence-corrected chi connectivity index (χ3v) is 7.12. The van der Waals surface area contributed by atoms with Crippen molar-refractivity contribution < 1.29 is 9.53 Å². The van der Waals surface area contributed by atoms with Crippen molar-refractivity contribution in [1.82, 2.24) is 19.6 Å². The average Bonchev–Trinajstić information content (AvgIpc) is 3.11. The van der Waals surface area contributed by atoms with Gasteiger partial charge in [-0.25, -0.2) is 9.78 Å². The molecule has 156 valence electrons. The van der Waals surface area contributed by atoms with Crippen molar-refractivity contribution >= 4 is 39.2 Å². The number of esters is 1. The molecule has 0 unspecified atom stereocenters. The van der Waals surface area contributed by atoms with Gasteiger partial charge < -0.3 is 15.0 Å². The lowest BCUT2D eigenvalue weighted by molar-refractivity contribution is -0.142. The van der Waals surface area contributed by atoms with Gasteiger partial charge in [0, 0.05) is 37.5 Å². The number of nitrogens with one attached hydrogen (secondary N) is 1. The molecule has 3 aromatic heterocycles. The van der Waals surface area contributed by atoms with Gasteiger partial charge >= 0.3 is 5.97 Å². The molecule has 1 aliphatic heterocycles. The van der Waals surface area contributed by atoms with Crippen LogP contribution in [0.4, 0.5) is 11.6 Å². The fraction of sp³-hybridized carbons (Fsp3) is 0.429. The Labute approximate surface area is 182 Å². The molecule has 0 amide bonds. The number of methoxy groups -OCH3 is 1. The Morgan fingerprint density at radius 2 is 2.23 bits per heavy atom. The topological polar surface area (TPSA) is 84.7 Å². The highest BCUT2D eigenvalue weighted by molar-refractivity contribution is 9.10. The molecular weight excluding hydrogens is 448 g/mol. The fourth-order valence-electron chi connectivity index (χ4n) is 4.80. The Hall–Kier alpha value is -2.68. The second-order valence-corrected chi connectivity index (χ2v) is 9.37. The number of hydrogen-bond acceptors (Lipinski definition) is 7. The number of pyridine rings is 1. The predicted octanol–water partition coefficient (Wildman–Crippen LogP) is 3.13. The van der Waals surface area contributed by atoms with E-state index in [4.69, 9.17) is 9.72 Å². The molecule has 1 aliphatic carbocycles. The fourth-order valence-corrected chi connectivity index (χ4v) is 5.15. The standard InChI is InChI=1S/C21H23BrN6O2/c1-21(2)13-11-27(18(17(13)21)20(29)30-3)16-7-15(24-9-12-5-4-6-23-8-12)28-19(26-16)14(22)10-25-28/h4-8,10,13,17-18,24H,9,11H2,1-3H3/t13-,17-,18-/m0/s1. The van der Waals surface area contributed by atoms with Crippen LogP contribution in [0, 0.1) is 17.3 Å². The smallest absolute Gasteiger partial charge is 0.328 e. The van der Waals surface area contributed by atoms with E-state index in [-0.39, 0.29) is 23.3 Å². The first-order valence-corrected chi connectivity index (χ1v) is 10.7. The third-order valence-electron chi connectivity index (χ3n) is 6.56. The molecule has 3 aromatic rings. The zero-order valence-electron chi connectivity index (χ0n) is 17.0. The van der Waals surface area contributed by atoms with Gasteiger partial charge in [0.25, 0.3) is 0 Å². The Balaban J connectivity index is 1.52. The summed E-state index contributed by atoms with van der Waals surface area (Å²) in [5.41, 5.74) is 1.91. The van der Waals surface area contributed by atoms with Crippen molar-refractivity contribution in [1.29, 1.82) is 0 Å². The lowest BCUT2D eigenvalue weighted by Gasteiger charge is -2.30. The molecule has 1 saturated carbocycles. The number of ether oxygens (including phenoxy) is 1. The second-order valence-electron chi connectivity index (χ2n) is 8.52. The summed E-state index contributed by atoms with van der Waals surface area (Å²) in [7, 11) is 1.45. The SMILES string of the molecule is COC(=O)[C@@H]1[C@@H]2[C@H](CN1c1cc(NCc3cccnc3)n3ncc(Br)c3n1)C2(C)C. The number of nitrogens with zero attached hydrogens (tertiary/aromatic N) is 5. The van der Waals surface area contributed by atoms with Gasteiger partial charge in [-0.2, -0.15) is 9.61 Å². The van der Waals surface area contributed by atoms with Crippen LogP contribution in [0.25, 0.3) is 5.65 Å². The largest absolute Gasteiger partial charge is 0.467 e. The number of piperidine rings is 1. The zero-order chi connectivity index (χ0) is 21.0. The molecule has 8 nitrogen and oxygen atoms in total. The van der Waals surface area contributed by atoms with Crippen LogP contribution in [-0.2, 0) is 16.1 Å². The highest BCUT2D eigenvalue weighted by Gasteiger charge is 2.69. The number of hydrogen-bond donors (Lipinski definition) is 1. The van der Waals surface area contributed by atoms with E-state index in [1.807, 2.05) is 24.4 Å². The van der Waals surface area contributed by atoms with E-state index >= 15 is 0 Å². The number of fused-ring (bicyclic) bond motifs is 2. The molecule has 0 aromatic carbocycles. The van der Waals surface area contributed by atoms with E-state index < -0.39 is 0 Å². The molecule has 30 heavy (non-hydrogen) atoms. The van der Waals surface area contributed by atoms with Gasteiger partial charge in [0.1, 0.15) is 17.7 Å². The van der Waals surface area contributed by atoms with Gasteiger partial charge in [-0.1, -0.05) is 19.9 Å². The second kappa shape index (κ2) is 6.94. The minimum atomic E-state index is -0.321. The van der Waals surface area contributed by atoms with E-state index in [9.17, 15) is 4.79 Å². The maximum absolute atomic E-state index is 12.7. The van der Waals surface area contributed by atoms with Gasteiger partial charge in [0.05, 0.1) is 17.8 Å². The van der Waals surface area contributed by atoms with Gasteiger partial charge in [-0.3, -0.25) is 4.98 Å². The number of halogens is 1. The van der Waals surface area contributed by atoms with Gasteiger partial charge in [0.15, 0.2) is 5.65 Å². The molecule has 4 heterocycles. The number of carbonyl (C=O) groups excluding carboxylic acids is 1. The molecule has 3 atom stereocenters. The van der Waals surface area contributed by atoms with Crippen LogP contribution in [0.5, 0.6) is 0 Å². The Morgan fingerprint density at radius 3 is 2.97 bits per heavy atom. The van der Waals surface area contributed by atoms with E-state index in [1.54, 1.807) is 16.9 Å². The number of carbonyl (C=O) groups is 1. The summed E-state index contributed by atoms with van der Waals surface area (Å²) in [6.07, 6.45) is 5.31. The van der Waals surface area contributed by atoms with Crippen molar-refractivity contribution in [2.24, 2.45) is 17.3 Å². The third kappa shape index (κ3) is 2.94. The van der Waals surface area contributed by atoms with Crippen molar-refractivity contribution in [3.8, 4) is 0 Å². The van der Waals surface area contributed by atoms with Gasteiger partial charge in [-0.15, -0.1) is 0 Å². The van der Waals surface area contributed by atoms with Crippen LogP contribution in [0.1, 0.15) is 19.4 Å². The number of rotatable bonds is 5. The van der Waals surface area contributed by atoms with Crippen LogP contribution in [0.2, 0.25) is 0 Å². The van der Waals surface area contributed by atoms with Crippen molar-refractivity contribution in [3.05, 3.63) is 46.8 Å². The van der Waals surface area contributed by atoms with E-state index in [2.05, 4.69) is 50.1 Å². The van der Waals surface area contributed by atoms with Crippen molar-refractivity contribution in [3.63, 3.8) is 0 Å². The first kappa shape index (κ1) is 19.3. The molecule has 1 N–H and O–H groups in total. The summed E-state index contributed by atoms with van der Waals surface area (Å²) in [4.78, 5) is 23.7. The summed E-state index contributed by atoms with van der Waals surface area (Å²) in [6.45, 7) is 5.83. The molecular formula is C21H23BrN6O2. The average molecular weight is 471 g/mol. The molecule has 2 aliphatic rings. The molecule has 1 saturated heterocycles. The zero-order valence-corrected chi connectivity index (χ0v) is 18.6. The Bertz CT molecular complexity index is 1120. The minimum absolute atomic E-state index is 0.151. The Kier molecular flexibility index (Phi) is 4.46. The summed E-state index contributed by atoms with van der Waals surface area (Å²) in [5, 5.41) is 7.87. The van der Waals surface area contributed by atoms with Crippen molar-refractivity contribution in [2.45, 2.75) is 26.4 Å². The molecule has 0 spiro atoms. The van der Waals surface area contributed by atoms with E-state index in [0.717, 1.165) is 28.2 Å². The van der Waals surface area contributed by atoms with Crippen LogP contribution in [0.3, 0.4) is 0 Å². The van der Waals surface area contributed by atoms with Crippen LogP contribution in [0.15, 0.2) is 41.3 Å². The quantitative estimate of drug-likeness (QED) is 0.573. The molecule has 5 rings (SSSR count). The number of anilines is 2. The highest BCUT2D eigenvalue weighted by atomic mass is 79.9. The summed E-state index contributed by atoms with van der Waals surface area (Å²) in [6, 6.07) is 5.56. The summed E-state index contributed by atoms with van der Waals surface area (Å²) >= 11 is 3.54. The number of aromatic nitrogens is 4. The highest BCUT2D eigenvalue weighted by Crippen LogP contribution is 2.65. The summed E-state index contributed by atoms with van der Waals surface area (Å²) < 4.78 is 7.71. The maximum Gasteiger partial charge on any atom is 0.328 e. The van der Waals surface area contributed by atoms with E-state index in [1.165, 1.54) is 7.11 Å². The lowest BCUT2D eigenvalue weighted by Crippen LogP contribution is -2.43. The monoisotopic (exact) mass is 470 g/mol. The normalized spacial score (nSPS) is 24.0. The minimum Gasteiger partial charge on any atom is -0.467 e. The van der Waals surface area contributed by atoms with Gasteiger partial charge in [-0.05, 0) is 38.9 Å². The van der Waals surface area contributed by atoms with Crippen LogP contribution in [-0.4, -0.2) is 45.2 Å². The Morgan fingerprint density at radius 1 is 1.40 bits per heavy atom. The molecule has 0 radical (unpaired) electrons. The molecule has 0 bridgehead atoms. The molecule has 2 fully saturated rings. The van der Waals surface area contributed by atoms with Crippen LogP contribution < -0.4 is 10.2 Å².